The van der Waals surface area contributed by atoms with Crippen molar-refractivity contribution in [3.8, 4) is 0 Å². The van der Waals surface area contributed by atoms with Crippen molar-refractivity contribution >= 4 is 28.3 Å². The number of aromatic nitrogens is 1. The van der Waals surface area contributed by atoms with Crippen LogP contribution in [0.2, 0.25) is 0 Å². The predicted octanol–water partition coefficient (Wildman–Crippen LogP) is 2.27. The van der Waals surface area contributed by atoms with Gasteiger partial charge < -0.3 is 5.32 Å². The molecule has 120 valence electrons. The van der Waals surface area contributed by atoms with Crippen molar-refractivity contribution in [2.45, 2.75) is 25.8 Å². The third kappa shape index (κ3) is 3.92. The third-order valence-corrected chi connectivity index (χ3v) is 4.50. The van der Waals surface area contributed by atoms with E-state index >= 15 is 0 Å². The normalized spacial score (nSPS) is 14.3. The van der Waals surface area contributed by atoms with Crippen molar-refractivity contribution in [3.63, 3.8) is 0 Å². The predicted molar refractivity (Wildman–Crippen MR) is 85.7 cm³/mol. The van der Waals surface area contributed by atoms with Gasteiger partial charge in [-0.1, -0.05) is 12.1 Å². The second kappa shape index (κ2) is 6.87. The number of hydrogen-bond acceptors (Lipinski definition) is 4. The number of nitrogens with zero attached hydrogens (tertiary/aromatic N) is 2. The van der Waals surface area contributed by atoms with E-state index in [9.17, 15) is 14.0 Å². The van der Waals surface area contributed by atoms with Crippen molar-refractivity contribution in [1.29, 1.82) is 0 Å². The number of anilines is 1. The minimum absolute atomic E-state index is 0.0895. The van der Waals surface area contributed by atoms with E-state index in [4.69, 9.17) is 0 Å². The molecule has 2 amide bonds. The highest BCUT2D eigenvalue weighted by Gasteiger charge is 2.24. The largest absolute Gasteiger partial charge is 0.352 e. The molecule has 2 heterocycles. The first kappa shape index (κ1) is 15.6. The molecule has 0 spiro atoms. The fraction of sp³-hybridized carbons (Fsp3) is 0.312. The van der Waals surface area contributed by atoms with Gasteiger partial charge in [0.25, 0.3) is 0 Å². The summed E-state index contributed by atoms with van der Waals surface area (Å²) in [7, 11) is 0. The molecule has 0 saturated carbocycles. The lowest BCUT2D eigenvalue weighted by Crippen LogP contribution is -2.25. The van der Waals surface area contributed by atoms with Crippen molar-refractivity contribution in [2.24, 2.45) is 0 Å². The van der Waals surface area contributed by atoms with E-state index in [-0.39, 0.29) is 24.1 Å². The number of rotatable bonds is 5. The first-order valence-corrected chi connectivity index (χ1v) is 8.26. The molecule has 1 aliphatic rings. The van der Waals surface area contributed by atoms with Gasteiger partial charge in [0, 0.05) is 24.9 Å². The summed E-state index contributed by atoms with van der Waals surface area (Å²) in [6.07, 6.45) is 1.58. The van der Waals surface area contributed by atoms with Crippen molar-refractivity contribution in [2.75, 3.05) is 11.4 Å². The molecular formula is C16H16FN3O2S. The molecule has 1 aliphatic heterocycles. The zero-order chi connectivity index (χ0) is 16.2. The van der Waals surface area contributed by atoms with Crippen molar-refractivity contribution in [1.82, 2.24) is 10.3 Å². The molecule has 0 aliphatic carbocycles. The molecule has 0 unspecified atom stereocenters. The van der Waals surface area contributed by atoms with Crippen LogP contribution in [0.4, 0.5) is 9.52 Å². The Morgan fingerprint density at radius 2 is 2.13 bits per heavy atom. The highest BCUT2D eigenvalue weighted by Crippen LogP contribution is 2.25. The van der Waals surface area contributed by atoms with Crippen LogP contribution in [0.3, 0.4) is 0 Å². The van der Waals surface area contributed by atoms with Crippen molar-refractivity contribution in [3.05, 3.63) is 46.7 Å². The number of hydrogen-bond donors (Lipinski definition) is 1. The molecule has 2 aromatic rings. The van der Waals surface area contributed by atoms with Gasteiger partial charge in [-0.05, 0) is 24.1 Å². The van der Waals surface area contributed by atoms with Crippen LogP contribution in [-0.4, -0.2) is 23.3 Å². The first-order chi connectivity index (χ1) is 11.1. The van der Waals surface area contributed by atoms with Gasteiger partial charge in [0.1, 0.15) is 5.82 Å². The molecule has 0 bridgehead atoms. The molecule has 7 heteroatoms. The average molecular weight is 333 g/mol. The fourth-order valence-corrected chi connectivity index (χ4v) is 3.25. The van der Waals surface area contributed by atoms with E-state index < -0.39 is 0 Å². The number of carbonyl (C=O) groups excluding carboxylic acids is 2. The molecule has 1 aromatic heterocycles. The number of thiazole rings is 1. The summed E-state index contributed by atoms with van der Waals surface area (Å²) in [5.41, 5.74) is 1.49. The number of carbonyl (C=O) groups is 2. The minimum Gasteiger partial charge on any atom is -0.352 e. The van der Waals surface area contributed by atoms with E-state index in [1.54, 1.807) is 22.4 Å². The molecule has 1 N–H and O–H groups in total. The Kier molecular flexibility index (Phi) is 4.66. The Labute approximate surface area is 137 Å². The molecule has 1 saturated heterocycles. The van der Waals surface area contributed by atoms with Crippen LogP contribution in [0, 0.1) is 5.82 Å². The van der Waals surface area contributed by atoms with E-state index in [0.717, 1.165) is 12.0 Å². The summed E-state index contributed by atoms with van der Waals surface area (Å²) < 4.78 is 12.8. The van der Waals surface area contributed by atoms with Gasteiger partial charge in [0.2, 0.25) is 11.8 Å². The summed E-state index contributed by atoms with van der Waals surface area (Å²) >= 11 is 1.38. The highest BCUT2D eigenvalue weighted by molar-refractivity contribution is 7.14. The highest BCUT2D eigenvalue weighted by atomic mass is 32.1. The number of amides is 2. The molecule has 1 fully saturated rings. The lowest BCUT2D eigenvalue weighted by atomic mass is 10.2. The Hall–Kier alpha value is -2.28. The summed E-state index contributed by atoms with van der Waals surface area (Å²) in [6, 6.07) is 5.99. The van der Waals surface area contributed by atoms with Gasteiger partial charge in [-0.25, -0.2) is 9.37 Å². The molecule has 0 atom stereocenters. The van der Waals surface area contributed by atoms with Gasteiger partial charge in [-0.15, -0.1) is 11.3 Å². The topological polar surface area (TPSA) is 62.3 Å². The Balaban J connectivity index is 1.53. The number of benzene rings is 1. The van der Waals surface area contributed by atoms with Crippen LogP contribution in [0.15, 0.2) is 29.6 Å². The molecule has 0 radical (unpaired) electrons. The summed E-state index contributed by atoms with van der Waals surface area (Å²) in [5.74, 6) is -0.364. The Morgan fingerprint density at radius 3 is 2.83 bits per heavy atom. The zero-order valence-corrected chi connectivity index (χ0v) is 13.2. The summed E-state index contributed by atoms with van der Waals surface area (Å²) in [5, 5.41) is 5.24. The maximum atomic E-state index is 12.8. The van der Waals surface area contributed by atoms with E-state index in [1.807, 2.05) is 0 Å². The molecular weight excluding hydrogens is 317 g/mol. The summed E-state index contributed by atoms with van der Waals surface area (Å²) in [6.45, 7) is 1.04. The maximum absolute atomic E-state index is 12.8. The van der Waals surface area contributed by atoms with Crippen LogP contribution >= 0.6 is 11.3 Å². The maximum Gasteiger partial charge on any atom is 0.228 e. The molecule has 23 heavy (non-hydrogen) atoms. The smallest absolute Gasteiger partial charge is 0.228 e. The Bertz CT molecular complexity index is 714. The van der Waals surface area contributed by atoms with Gasteiger partial charge in [-0.3, -0.25) is 14.5 Å². The lowest BCUT2D eigenvalue weighted by Gasteiger charge is -2.10. The van der Waals surface area contributed by atoms with E-state index in [2.05, 4.69) is 10.3 Å². The quantitative estimate of drug-likeness (QED) is 0.913. The van der Waals surface area contributed by atoms with Gasteiger partial charge in [0.15, 0.2) is 5.13 Å². The van der Waals surface area contributed by atoms with Gasteiger partial charge >= 0.3 is 0 Å². The van der Waals surface area contributed by atoms with Crippen molar-refractivity contribution < 1.29 is 14.0 Å². The third-order valence-electron chi connectivity index (χ3n) is 3.59. The van der Waals surface area contributed by atoms with Crippen LogP contribution < -0.4 is 10.2 Å². The van der Waals surface area contributed by atoms with E-state index in [0.29, 0.717) is 30.3 Å². The van der Waals surface area contributed by atoms with Crippen LogP contribution in [0.5, 0.6) is 0 Å². The van der Waals surface area contributed by atoms with Gasteiger partial charge in [-0.2, -0.15) is 0 Å². The monoisotopic (exact) mass is 333 g/mol. The standard InChI is InChI=1S/C16H16FN3O2S/c17-12-5-3-11(4-6-12)9-18-14(21)8-13-10-23-16(19-13)20-7-1-2-15(20)22/h3-6,10H,1-2,7-9H2,(H,18,21). The minimum atomic E-state index is -0.300. The summed E-state index contributed by atoms with van der Waals surface area (Å²) in [4.78, 5) is 29.7. The van der Waals surface area contributed by atoms with Gasteiger partial charge in [0.05, 0.1) is 12.1 Å². The van der Waals surface area contributed by atoms with Crippen LogP contribution in [-0.2, 0) is 22.6 Å². The van der Waals surface area contributed by atoms with Crippen LogP contribution in [0.25, 0.3) is 0 Å². The lowest BCUT2D eigenvalue weighted by molar-refractivity contribution is -0.120. The van der Waals surface area contributed by atoms with Crippen LogP contribution in [0.1, 0.15) is 24.1 Å². The molecule has 3 rings (SSSR count). The number of nitrogens with one attached hydrogen (secondary N) is 1. The molecule has 5 nitrogen and oxygen atoms in total. The second-order valence-electron chi connectivity index (χ2n) is 5.35. The Morgan fingerprint density at radius 1 is 1.35 bits per heavy atom. The average Bonchev–Trinajstić information content (AvgIpc) is 3.15. The fourth-order valence-electron chi connectivity index (χ4n) is 2.38. The SMILES string of the molecule is O=C(Cc1csc(N2CCCC2=O)n1)NCc1ccc(F)cc1. The zero-order valence-electron chi connectivity index (χ0n) is 12.4. The second-order valence-corrected chi connectivity index (χ2v) is 6.19. The first-order valence-electron chi connectivity index (χ1n) is 7.38. The van der Waals surface area contributed by atoms with E-state index in [1.165, 1.54) is 23.5 Å². The molecule has 1 aromatic carbocycles. The number of halogens is 1.